The number of aromatic amines is 1. The molecule has 0 fully saturated rings. The molecule has 4 nitrogen and oxygen atoms in total. The largest absolute Gasteiger partial charge is 0.497 e. The molecule has 3 aromatic rings. The number of methoxy groups -OCH3 is 1. The minimum absolute atomic E-state index is 0.608. The predicted molar refractivity (Wildman–Crippen MR) is 76.3 cm³/mol. The Morgan fingerprint density at radius 2 is 1.89 bits per heavy atom. The van der Waals surface area contributed by atoms with Crippen LogP contribution in [-0.4, -0.2) is 23.3 Å². The fourth-order valence-corrected chi connectivity index (χ4v) is 1.83. The van der Waals surface area contributed by atoms with Crippen molar-refractivity contribution in [3.8, 4) is 5.75 Å². The van der Waals surface area contributed by atoms with E-state index in [-0.39, 0.29) is 0 Å². The third-order valence-electron chi connectivity index (χ3n) is 2.83. The van der Waals surface area contributed by atoms with Crippen LogP contribution in [0.4, 0.5) is 5.95 Å². The number of hydrogen-bond donors (Lipinski definition) is 1. The minimum Gasteiger partial charge on any atom is -0.497 e. The van der Waals surface area contributed by atoms with Crippen molar-refractivity contribution in [1.29, 1.82) is 0 Å². The zero-order valence-electron chi connectivity index (χ0n) is 10.5. The highest BCUT2D eigenvalue weighted by Crippen LogP contribution is 2.16. The fraction of sp³-hybridized carbons (Fsp3) is 0.0667. The maximum Gasteiger partial charge on any atom is 0.227 e. The molecular formula is C15H13N3O. The molecule has 0 saturated heterocycles. The first kappa shape index (κ1) is 11.5. The van der Waals surface area contributed by atoms with E-state index in [0.717, 1.165) is 22.3 Å². The number of aromatic nitrogens is 2. The zero-order valence-corrected chi connectivity index (χ0v) is 10.5. The SMILES string of the molecule is COc1ccc(C=Nc2nc3ccccc3[nH]2)cc1. The number of rotatable bonds is 3. The van der Waals surface area contributed by atoms with E-state index in [0.29, 0.717) is 5.95 Å². The van der Waals surface area contributed by atoms with Crippen LogP contribution in [0.2, 0.25) is 0 Å². The van der Waals surface area contributed by atoms with Gasteiger partial charge in [-0.05, 0) is 42.0 Å². The molecule has 1 heterocycles. The Hall–Kier alpha value is -2.62. The number of para-hydroxylation sites is 2. The van der Waals surface area contributed by atoms with Crippen LogP contribution in [0.25, 0.3) is 11.0 Å². The minimum atomic E-state index is 0.608. The molecule has 94 valence electrons. The van der Waals surface area contributed by atoms with Gasteiger partial charge in [-0.2, -0.15) is 0 Å². The number of fused-ring (bicyclic) bond motifs is 1. The smallest absolute Gasteiger partial charge is 0.227 e. The topological polar surface area (TPSA) is 50.3 Å². The van der Waals surface area contributed by atoms with Gasteiger partial charge in [0.25, 0.3) is 0 Å². The number of benzene rings is 2. The van der Waals surface area contributed by atoms with Crippen LogP contribution in [0.15, 0.2) is 53.5 Å². The molecule has 19 heavy (non-hydrogen) atoms. The lowest BCUT2D eigenvalue weighted by Gasteiger charge is -1.98. The normalized spacial score (nSPS) is 11.2. The molecule has 0 radical (unpaired) electrons. The van der Waals surface area contributed by atoms with Crippen molar-refractivity contribution in [3.05, 3.63) is 54.1 Å². The van der Waals surface area contributed by atoms with Crippen molar-refractivity contribution in [3.63, 3.8) is 0 Å². The Labute approximate surface area is 110 Å². The molecule has 4 heteroatoms. The molecule has 0 aliphatic rings. The number of nitrogens with one attached hydrogen (secondary N) is 1. The third-order valence-corrected chi connectivity index (χ3v) is 2.83. The van der Waals surface area contributed by atoms with Crippen molar-refractivity contribution in [1.82, 2.24) is 9.97 Å². The standard InChI is InChI=1S/C15H13N3O/c1-19-12-8-6-11(7-9-12)10-16-15-17-13-4-2-3-5-14(13)18-15/h2-10H,1H3,(H,17,18). The lowest BCUT2D eigenvalue weighted by atomic mass is 10.2. The van der Waals surface area contributed by atoms with E-state index in [1.54, 1.807) is 13.3 Å². The first-order valence-electron chi connectivity index (χ1n) is 5.98. The van der Waals surface area contributed by atoms with Crippen molar-refractivity contribution < 1.29 is 4.74 Å². The average molecular weight is 251 g/mol. The van der Waals surface area contributed by atoms with Gasteiger partial charge >= 0.3 is 0 Å². The van der Waals surface area contributed by atoms with Crippen LogP contribution >= 0.6 is 0 Å². The highest BCUT2D eigenvalue weighted by Gasteiger charge is 1.98. The van der Waals surface area contributed by atoms with Gasteiger partial charge in [-0.15, -0.1) is 0 Å². The Morgan fingerprint density at radius 3 is 2.63 bits per heavy atom. The monoisotopic (exact) mass is 251 g/mol. The van der Waals surface area contributed by atoms with Gasteiger partial charge in [0.05, 0.1) is 18.1 Å². The van der Waals surface area contributed by atoms with E-state index in [1.165, 1.54) is 0 Å². The van der Waals surface area contributed by atoms with E-state index in [9.17, 15) is 0 Å². The molecule has 2 aromatic carbocycles. The quantitative estimate of drug-likeness (QED) is 0.726. The molecular weight excluding hydrogens is 238 g/mol. The van der Waals surface area contributed by atoms with Crippen LogP contribution in [0.1, 0.15) is 5.56 Å². The van der Waals surface area contributed by atoms with Crippen molar-refractivity contribution in [2.75, 3.05) is 7.11 Å². The Bertz CT molecular complexity index is 681. The summed E-state index contributed by atoms with van der Waals surface area (Å²) in [4.78, 5) is 11.9. The van der Waals surface area contributed by atoms with E-state index in [1.807, 2.05) is 48.5 Å². The zero-order chi connectivity index (χ0) is 13.1. The molecule has 0 bridgehead atoms. The van der Waals surface area contributed by atoms with Crippen molar-refractivity contribution in [2.45, 2.75) is 0 Å². The molecule has 0 unspecified atom stereocenters. The molecule has 0 aliphatic heterocycles. The summed E-state index contributed by atoms with van der Waals surface area (Å²) in [5.74, 6) is 1.44. The van der Waals surface area contributed by atoms with Gasteiger partial charge in [0.1, 0.15) is 5.75 Å². The number of aliphatic imine (C=N–C) groups is 1. The molecule has 3 rings (SSSR count). The van der Waals surface area contributed by atoms with Crippen LogP contribution in [-0.2, 0) is 0 Å². The second-order valence-electron chi connectivity index (χ2n) is 4.11. The Kier molecular flexibility index (Phi) is 2.98. The highest BCUT2D eigenvalue weighted by atomic mass is 16.5. The third kappa shape index (κ3) is 2.47. The summed E-state index contributed by atoms with van der Waals surface area (Å²) in [6.07, 6.45) is 1.77. The molecule has 0 amide bonds. The van der Waals surface area contributed by atoms with Gasteiger partial charge in [-0.25, -0.2) is 9.98 Å². The van der Waals surface area contributed by atoms with Gasteiger partial charge in [0, 0.05) is 6.21 Å². The number of imidazole rings is 1. The Morgan fingerprint density at radius 1 is 1.11 bits per heavy atom. The summed E-state index contributed by atoms with van der Waals surface area (Å²) < 4.78 is 5.11. The summed E-state index contributed by atoms with van der Waals surface area (Å²) in [6, 6.07) is 15.6. The molecule has 0 spiro atoms. The van der Waals surface area contributed by atoms with Gasteiger partial charge in [-0.1, -0.05) is 12.1 Å². The van der Waals surface area contributed by atoms with E-state index < -0.39 is 0 Å². The fourth-order valence-electron chi connectivity index (χ4n) is 1.83. The van der Waals surface area contributed by atoms with Crippen molar-refractivity contribution in [2.24, 2.45) is 4.99 Å². The summed E-state index contributed by atoms with van der Waals surface area (Å²) in [5, 5.41) is 0. The molecule has 0 atom stereocenters. The van der Waals surface area contributed by atoms with Gasteiger partial charge in [0.15, 0.2) is 0 Å². The lowest BCUT2D eigenvalue weighted by molar-refractivity contribution is 0.415. The van der Waals surface area contributed by atoms with Gasteiger partial charge in [0.2, 0.25) is 5.95 Å². The molecule has 0 saturated carbocycles. The first-order chi connectivity index (χ1) is 9.35. The number of ether oxygens (including phenoxy) is 1. The molecule has 0 aliphatic carbocycles. The van der Waals surface area contributed by atoms with Crippen LogP contribution in [0.3, 0.4) is 0 Å². The number of H-pyrrole nitrogens is 1. The summed E-state index contributed by atoms with van der Waals surface area (Å²) in [5.41, 5.74) is 2.91. The summed E-state index contributed by atoms with van der Waals surface area (Å²) in [7, 11) is 1.65. The first-order valence-corrected chi connectivity index (χ1v) is 5.98. The van der Waals surface area contributed by atoms with Crippen LogP contribution < -0.4 is 4.74 Å². The number of nitrogens with zero attached hydrogens (tertiary/aromatic N) is 2. The van der Waals surface area contributed by atoms with Crippen LogP contribution in [0, 0.1) is 0 Å². The van der Waals surface area contributed by atoms with Gasteiger partial charge in [-0.3, -0.25) is 0 Å². The maximum absolute atomic E-state index is 5.11. The van der Waals surface area contributed by atoms with Crippen molar-refractivity contribution >= 4 is 23.2 Å². The summed E-state index contributed by atoms with van der Waals surface area (Å²) >= 11 is 0. The average Bonchev–Trinajstić information content (AvgIpc) is 2.88. The van der Waals surface area contributed by atoms with Gasteiger partial charge < -0.3 is 9.72 Å². The van der Waals surface area contributed by atoms with E-state index in [2.05, 4.69) is 15.0 Å². The second-order valence-corrected chi connectivity index (χ2v) is 4.11. The van der Waals surface area contributed by atoms with Crippen LogP contribution in [0.5, 0.6) is 5.75 Å². The predicted octanol–water partition coefficient (Wildman–Crippen LogP) is 3.32. The maximum atomic E-state index is 5.11. The summed E-state index contributed by atoms with van der Waals surface area (Å²) in [6.45, 7) is 0. The van der Waals surface area contributed by atoms with E-state index >= 15 is 0 Å². The lowest BCUT2D eigenvalue weighted by Crippen LogP contribution is -1.84. The molecule has 1 N–H and O–H groups in total. The number of hydrogen-bond acceptors (Lipinski definition) is 3. The van der Waals surface area contributed by atoms with E-state index in [4.69, 9.17) is 4.74 Å². The highest BCUT2D eigenvalue weighted by molar-refractivity contribution is 5.83. The second kappa shape index (κ2) is 4.94. The molecule has 1 aromatic heterocycles. The Balaban J connectivity index is 1.84.